The van der Waals surface area contributed by atoms with Crippen LogP contribution in [0.15, 0.2) is 53.1 Å². The van der Waals surface area contributed by atoms with Gasteiger partial charge in [0.1, 0.15) is 11.5 Å². The minimum absolute atomic E-state index is 0.535. The van der Waals surface area contributed by atoms with Gasteiger partial charge in [0.25, 0.3) is 5.89 Å². The number of aromatic nitrogens is 2. The third kappa shape index (κ3) is 4.09. The van der Waals surface area contributed by atoms with Crippen LogP contribution in [0.1, 0.15) is 5.82 Å². The van der Waals surface area contributed by atoms with Crippen LogP contribution >= 0.6 is 0 Å². The molecule has 7 nitrogen and oxygen atoms in total. The molecule has 2 aromatic carbocycles. The highest BCUT2D eigenvalue weighted by molar-refractivity contribution is 5.54. The molecular formula is C21H24N4O3. The first-order valence-electron chi connectivity index (χ1n) is 9.33. The fourth-order valence-electron chi connectivity index (χ4n) is 3.34. The van der Waals surface area contributed by atoms with Crippen molar-refractivity contribution in [3.05, 3.63) is 54.4 Å². The number of nitrogens with zero attached hydrogens (tertiary/aromatic N) is 4. The molecule has 0 amide bonds. The van der Waals surface area contributed by atoms with E-state index in [0.29, 0.717) is 18.3 Å². The van der Waals surface area contributed by atoms with Gasteiger partial charge in [-0.1, -0.05) is 11.2 Å². The van der Waals surface area contributed by atoms with Gasteiger partial charge < -0.3 is 18.9 Å². The Bertz CT molecular complexity index is 902. The largest absolute Gasteiger partial charge is 0.497 e. The van der Waals surface area contributed by atoms with Gasteiger partial charge in [-0.2, -0.15) is 4.98 Å². The van der Waals surface area contributed by atoms with E-state index in [9.17, 15) is 0 Å². The predicted octanol–water partition coefficient (Wildman–Crippen LogP) is 3.08. The molecule has 1 aliphatic rings. The number of methoxy groups -OCH3 is 2. The molecular weight excluding hydrogens is 356 g/mol. The summed E-state index contributed by atoms with van der Waals surface area (Å²) in [5.74, 6) is 2.93. The summed E-state index contributed by atoms with van der Waals surface area (Å²) in [5.41, 5.74) is 2.09. The van der Waals surface area contributed by atoms with Crippen LogP contribution < -0.4 is 14.4 Å². The molecule has 146 valence electrons. The lowest BCUT2D eigenvalue weighted by molar-refractivity contribution is 0.240. The summed E-state index contributed by atoms with van der Waals surface area (Å²) in [6, 6.07) is 15.8. The van der Waals surface area contributed by atoms with E-state index in [0.717, 1.165) is 43.2 Å². The molecule has 0 saturated carbocycles. The van der Waals surface area contributed by atoms with Crippen molar-refractivity contribution in [3.8, 4) is 23.0 Å². The van der Waals surface area contributed by atoms with E-state index in [1.54, 1.807) is 14.2 Å². The van der Waals surface area contributed by atoms with Gasteiger partial charge >= 0.3 is 0 Å². The van der Waals surface area contributed by atoms with Crippen LogP contribution in [0.2, 0.25) is 0 Å². The van der Waals surface area contributed by atoms with Crippen LogP contribution in [0.3, 0.4) is 0 Å². The van der Waals surface area contributed by atoms with Crippen molar-refractivity contribution in [1.29, 1.82) is 0 Å². The minimum Gasteiger partial charge on any atom is -0.497 e. The number of benzene rings is 2. The molecule has 0 unspecified atom stereocenters. The SMILES string of the molecule is COc1ccc(-c2nc(CN3CCN(c4cccc(OC)c4)CC3)no2)cc1. The number of hydrogen-bond donors (Lipinski definition) is 0. The zero-order valence-corrected chi connectivity index (χ0v) is 16.2. The fraction of sp³-hybridized carbons (Fsp3) is 0.333. The van der Waals surface area contributed by atoms with Crippen molar-refractivity contribution < 1.29 is 14.0 Å². The maximum absolute atomic E-state index is 5.43. The lowest BCUT2D eigenvalue weighted by Gasteiger charge is -2.35. The van der Waals surface area contributed by atoms with Gasteiger partial charge in [0.15, 0.2) is 5.82 Å². The van der Waals surface area contributed by atoms with Gasteiger partial charge in [-0.05, 0) is 36.4 Å². The second-order valence-electron chi connectivity index (χ2n) is 6.71. The number of rotatable bonds is 6. The zero-order chi connectivity index (χ0) is 19.3. The third-order valence-electron chi connectivity index (χ3n) is 4.96. The van der Waals surface area contributed by atoms with E-state index >= 15 is 0 Å². The Morgan fingerprint density at radius 2 is 1.68 bits per heavy atom. The summed E-state index contributed by atoms with van der Waals surface area (Å²) in [5, 5.41) is 4.14. The Morgan fingerprint density at radius 1 is 0.929 bits per heavy atom. The molecule has 28 heavy (non-hydrogen) atoms. The lowest BCUT2D eigenvalue weighted by atomic mass is 10.2. The summed E-state index contributed by atoms with van der Waals surface area (Å²) < 4.78 is 15.9. The molecule has 1 aliphatic heterocycles. The monoisotopic (exact) mass is 380 g/mol. The maximum Gasteiger partial charge on any atom is 0.257 e. The summed E-state index contributed by atoms with van der Waals surface area (Å²) in [6.07, 6.45) is 0. The first kappa shape index (κ1) is 18.3. The van der Waals surface area contributed by atoms with Crippen LogP contribution in [0.4, 0.5) is 5.69 Å². The standard InChI is InChI=1S/C21H24N4O3/c1-26-18-8-6-16(7-9-18)21-22-20(23-28-21)15-24-10-12-25(13-11-24)17-4-3-5-19(14-17)27-2/h3-9,14H,10-13,15H2,1-2H3. The Balaban J connectivity index is 1.34. The van der Waals surface area contributed by atoms with E-state index in [1.807, 2.05) is 36.4 Å². The molecule has 3 aromatic rings. The van der Waals surface area contributed by atoms with Crippen molar-refractivity contribution in [2.24, 2.45) is 0 Å². The highest BCUT2D eigenvalue weighted by atomic mass is 16.5. The average Bonchev–Trinajstić information content (AvgIpc) is 3.23. The van der Waals surface area contributed by atoms with E-state index in [4.69, 9.17) is 14.0 Å². The molecule has 0 N–H and O–H groups in total. The van der Waals surface area contributed by atoms with E-state index in [1.165, 1.54) is 5.69 Å². The van der Waals surface area contributed by atoms with Crippen molar-refractivity contribution in [3.63, 3.8) is 0 Å². The predicted molar refractivity (Wildman–Crippen MR) is 107 cm³/mol. The van der Waals surface area contributed by atoms with Gasteiger partial charge in [-0.25, -0.2) is 0 Å². The van der Waals surface area contributed by atoms with Crippen molar-refractivity contribution in [1.82, 2.24) is 15.0 Å². The quantitative estimate of drug-likeness (QED) is 0.651. The van der Waals surface area contributed by atoms with Crippen molar-refractivity contribution >= 4 is 5.69 Å². The first-order chi connectivity index (χ1) is 13.7. The number of piperazine rings is 1. The van der Waals surface area contributed by atoms with Crippen molar-refractivity contribution in [2.45, 2.75) is 6.54 Å². The van der Waals surface area contributed by atoms with Crippen LogP contribution in [0, 0.1) is 0 Å². The molecule has 1 fully saturated rings. The summed E-state index contributed by atoms with van der Waals surface area (Å²) >= 11 is 0. The summed E-state index contributed by atoms with van der Waals surface area (Å²) in [4.78, 5) is 9.26. The topological polar surface area (TPSA) is 63.9 Å². The molecule has 0 spiro atoms. The Labute approximate surface area is 164 Å². The van der Waals surface area contributed by atoms with Gasteiger partial charge in [0.2, 0.25) is 0 Å². The highest BCUT2D eigenvalue weighted by Gasteiger charge is 2.20. The molecule has 0 bridgehead atoms. The smallest absolute Gasteiger partial charge is 0.257 e. The van der Waals surface area contributed by atoms with Gasteiger partial charge in [0, 0.05) is 43.5 Å². The molecule has 7 heteroatoms. The first-order valence-corrected chi connectivity index (χ1v) is 9.33. The Kier molecular flexibility index (Phi) is 5.43. The van der Waals surface area contributed by atoms with E-state index in [2.05, 4.69) is 32.1 Å². The molecule has 2 heterocycles. The van der Waals surface area contributed by atoms with Gasteiger partial charge in [0.05, 0.1) is 20.8 Å². The zero-order valence-electron chi connectivity index (χ0n) is 16.2. The van der Waals surface area contributed by atoms with Crippen LogP contribution in [0.5, 0.6) is 11.5 Å². The Hall–Kier alpha value is -3.06. The average molecular weight is 380 g/mol. The number of ether oxygens (including phenoxy) is 2. The Morgan fingerprint density at radius 3 is 2.39 bits per heavy atom. The lowest BCUT2D eigenvalue weighted by Crippen LogP contribution is -2.46. The molecule has 0 aliphatic carbocycles. The summed E-state index contributed by atoms with van der Waals surface area (Å²) in [6.45, 7) is 4.49. The van der Waals surface area contributed by atoms with Crippen molar-refractivity contribution in [2.75, 3.05) is 45.3 Å². The fourth-order valence-corrected chi connectivity index (χ4v) is 3.34. The number of anilines is 1. The van der Waals surface area contributed by atoms with Crippen LogP contribution in [-0.4, -0.2) is 55.4 Å². The minimum atomic E-state index is 0.535. The second-order valence-corrected chi connectivity index (χ2v) is 6.71. The summed E-state index contributed by atoms with van der Waals surface area (Å²) in [7, 11) is 3.34. The molecule has 1 aromatic heterocycles. The normalized spacial score (nSPS) is 14.9. The van der Waals surface area contributed by atoms with Crippen LogP contribution in [-0.2, 0) is 6.54 Å². The van der Waals surface area contributed by atoms with Crippen LogP contribution in [0.25, 0.3) is 11.5 Å². The highest BCUT2D eigenvalue weighted by Crippen LogP contribution is 2.23. The molecule has 0 atom stereocenters. The third-order valence-corrected chi connectivity index (χ3v) is 4.96. The van der Waals surface area contributed by atoms with Gasteiger partial charge in [-0.3, -0.25) is 4.90 Å². The molecule has 0 radical (unpaired) electrons. The number of hydrogen-bond acceptors (Lipinski definition) is 7. The maximum atomic E-state index is 5.43. The van der Waals surface area contributed by atoms with Gasteiger partial charge in [-0.15, -0.1) is 0 Å². The second kappa shape index (κ2) is 8.31. The molecule has 1 saturated heterocycles. The molecule has 4 rings (SSSR count). The van der Waals surface area contributed by atoms with E-state index < -0.39 is 0 Å². The van der Waals surface area contributed by atoms with E-state index in [-0.39, 0.29) is 0 Å².